The van der Waals surface area contributed by atoms with Gasteiger partial charge in [-0.05, 0) is 38.0 Å². The molecule has 2 saturated carbocycles. The average molecular weight is 268 g/mol. The van der Waals surface area contributed by atoms with Gasteiger partial charge < -0.3 is 21.6 Å². The summed E-state index contributed by atoms with van der Waals surface area (Å²) in [5, 5.41) is 17.8. The van der Waals surface area contributed by atoms with Crippen molar-refractivity contribution >= 4 is 11.9 Å². The van der Waals surface area contributed by atoms with E-state index in [1.807, 2.05) is 0 Å². The number of amides is 2. The smallest absolute Gasteiger partial charge is 0.315 e. The van der Waals surface area contributed by atoms with Crippen molar-refractivity contribution in [2.75, 3.05) is 0 Å². The minimum atomic E-state index is -0.356. The molecule has 0 saturated heterocycles. The highest BCUT2D eigenvalue weighted by molar-refractivity contribution is 5.89. The van der Waals surface area contributed by atoms with Crippen molar-refractivity contribution in [2.24, 2.45) is 16.8 Å². The van der Waals surface area contributed by atoms with E-state index in [9.17, 15) is 4.79 Å². The molecule has 2 aliphatic rings. The van der Waals surface area contributed by atoms with Crippen LogP contribution in [0.4, 0.5) is 4.79 Å². The van der Waals surface area contributed by atoms with E-state index in [2.05, 4.69) is 15.8 Å². The van der Waals surface area contributed by atoms with Crippen LogP contribution in [-0.4, -0.2) is 29.2 Å². The molecule has 0 radical (unpaired) electrons. The molecule has 0 bridgehead atoms. The Morgan fingerprint density at radius 1 is 1.16 bits per heavy atom. The number of carbonyl (C=O) groups excluding carboxylic acids is 1. The molecule has 6 nitrogen and oxygen atoms in total. The molecule has 1 unspecified atom stereocenters. The lowest BCUT2D eigenvalue weighted by atomic mass is 9.83. The number of nitrogens with zero attached hydrogens (tertiary/aromatic N) is 1. The van der Waals surface area contributed by atoms with Gasteiger partial charge in [0.15, 0.2) is 5.84 Å². The molecule has 0 heterocycles. The van der Waals surface area contributed by atoms with Crippen molar-refractivity contribution in [2.45, 2.75) is 63.5 Å². The van der Waals surface area contributed by atoms with Gasteiger partial charge in [0.25, 0.3) is 0 Å². The summed E-state index contributed by atoms with van der Waals surface area (Å²) in [5.41, 5.74) is 5.73. The van der Waals surface area contributed by atoms with Gasteiger partial charge >= 0.3 is 6.03 Å². The maximum Gasteiger partial charge on any atom is 0.315 e. The Bertz CT molecular complexity index is 336. The van der Waals surface area contributed by atoms with Crippen LogP contribution in [0.5, 0.6) is 0 Å². The van der Waals surface area contributed by atoms with Crippen molar-refractivity contribution in [1.29, 1.82) is 0 Å². The fourth-order valence-corrected chi connectivity index (χ4v) is 2.88. The van der Waals surface area contributed by atoms with E-state index in [4.69, 9.17) is 10.9 Å². The highest BCUT2D eigenvalue weighted by Gasteiger charge is 2.29. The first kappa shape index (κ1) is 14.0. The van der Waals surface area contributed by atoms with Crippen LogP contribution in [0, 0.1) is 5.92 Å². The summed E-state index contributed by atoms with van der Waals surface area (Å²) in [4.78, 5) is 11.9. The first-order valence-electron chi connectivity index (χ1n) is 7.25. The van der Waals surface area contributed by atoms with Crippen LogP contribution in [-0.2, 0) is 0 Å². The first-order chi connectivity index (χ1) is 9.20. The molecule has 19 heavy (non-hydrogen) atoms. The van der Waals surface area contributed by atoms with Gasteiger partial charge in [-0.1, -0.05) is 24.4 Å². The minimum absolute atomic E-state index is 0.107. The normalized spacial score (nSPS) is 23.5. The van der Waals surface area contributed by atoms with E-state index in [1.165, 1.54) is 12.8 Å². The summed E-state index contributed by atoms with van der Waals surface area (Å²) in [5.74, 6) is 0.382. The van der Waals surface area contributed by atoms with Crippen LogP contribution in [0.25, 0.3) is 0 Å². The van der Waals surface area contributed by atoms with E-state index >= 15 is 0 Å². The zero-order valence-electron chi connectivity index (χ0n) is 11.3. The molecule has 2 aliphatic carbocycles. The second kappa shape index (κ2) is 6.63. The third-order valence-corrected chi connectivity index (χ3v) is 4.28. The SMILES string of the molecule is NC(=NO)C(NC(=O)NC1CCC1)C1CCCCC1. The number of hydrogen-bond donors (Lipinski definition) is 4. The van der Waals surface area contributed by atoms with E-state index < -0.39 is 0 Å². The van der Waals surface area contributed by atoms with Crippen LogP contribution in [0.2, 0.25) is 0 Å². The maximum absolute atomic E-state index is 11.9. The predicted molar refractivity (Wildman–Crippen MR) is 73.1 cm³/mol. The number of hydrogen-bond acceptors (Lipinski definition) is 3. The lowest BCUT2D eigenvalue weighted by Gasteiger charge is -2.32. The number of amidine groups is 1. The number of nitrogens with one attached hydrogen (secondary N) is 2. The third kappa shape index (κ3) is 3.75. The van der Waals surface area contributed by atoms with Crippen molar-refractivity contribution in [3.05, 3.63) is 0 Å². The summed E-state index contributed by atoms with van der Waals surface area (Å²) >= 11 is 0. The van der Waals surface area contributed by atoms with E-state index in [1.54, 1.807) is 0 Å². The van der Waals surface area contributed by atoms with Crippen molar-refractivity contribution < 1.29 is 10.0 Å². The average Bonchev–Trinajstić information content (AvgIpc) is 2.40. The first-order valence-corrected chi connectivity index (χ1v) is 7.25. The molecule has 5 N–H and O–H groups in total. The number of oxime groups is 1. The molecular weight excluding hydrogens is 244 g/mol. The van der Waals surface area contributed by atoms with E-state index in [0.717, 1.165) is 38.5 Å². The van der Waals surface area contributed by atoms with Gasteiger partial charge in [0.1, 0.15) is 0 Å². The topological polar surface area (TPSA) is 99.7 Å². The Labute approximate surface area is 113 Å². The summed E-state index contributed by atoms with van der Waals surface area (Å²) in [7, 11) is 0. The Morgan fingerprint density at radius 3 is 2.37 bits per heavy atom. The Morgan fingerprint density at radius 2 is 1.84 bits per heavy atom. The molecule has 2 fully saturated rings. The van der Waals surface area contributed by atoms with Crippen molar-refractivity contribution in [1.82, 2.24) is 10.6 Å². The van der Waals surface area contributed by atoms with Gasteiger partial charge in [0, 0.05) is 6.04 Å². The summed E-state index contributed by atoms with van der Waals surface area (Å²) in [6.07, 6.45) is 8.83. The van der Waals surface area contributed by atoms with Crippen LogP contribution >= 0.6 is 0 Å². The summed E-state index contributed by atoms with van der Waals surface area (Å²) < 4.78 is 0. The molecular formula is C13H24N4O2. The fourth-order valence-electron chi connectivity index (χ4n) is 2.88. The zero-order chi connectivity index (χ0) is 13.7. The molecule has 2 amide bonds. The quantitative estimate of drug-likeness (QED) is 0.269. The molecule has 0 aromatic heterocycles. The van der Waals surface area contributed by atoms with Gasteiger partial charge in [0.2, 0.25) is 0 Å². The highest BCUT2D eigenvalue weighted by atomic mass is 16.4. The Hall–Kier alpha value is -1.46. The molecule has 108 valence electrons. The molecule has 2 rings (SSSR count). The number of rotatable bonds is 4. The van der Waals surface area contributed by atoms with Gasteiger partial charge in [-0.3, -0.25) is 0 Å². The molecule has 6 heteroatoms. The van der Waals surface area contributed by atoms with Crippen molar-refractivity contribution in [3.63, 3.8) is 0 Å². The second-order valence-electron chi connectivity index (χ2n) is 5.65. The number of carbonyl (C=O) groups is 1. The van der Waals surface area contributed by atoms with Gasteiger partial charge in [-0.2, -0.15) is 0 Å². The second-order valence-corrected chi connectivity index (χ2v) is 5.65. The van der Waals surface area contributed by atoms with Crippen LogP contribution < -0.4 is 16.4 Å². The van der Waals surface area contributed by atoms with Gasteiger partial charge in [-0.15, -0.1) is 0 Å². The maximum atomic E-state index is 11.9. The summed E-state index contributed by atoms with van der Waals surface area (Å²) in [6, 6.07) is -0.267. The minimum Gasteiger partial charge on any atom is -0.409 e. The van der Waals surface area contributed by atoms with Gasteiger partial charge in [-0.25, -0.2) is 4.79 Å². The Balaban J connectivity index is 1.90. The summed E-state index contributed by atoms with van der Waals surface area (Å²) in [6.45, 7) is 0. The molecule has 0 aliphatic heterocycles. The van der Waals surface area contributed by atoms with Crippen molar-refractivity contribution in [3.8, 4) is 0 Å². The monoisotopic (exact) mass is 268 g/mol. The zero-order valence-corrected chi connectivity index (χ0v) is 11.3. The van der Waals surface area contributed by atoms with Crippen LogP contribution in [0.3, 0.4) is 0 Å². The van der Waals surface area contributed by atoms with E-state index in [0.29, 0.717) is 6.04 Å². The Kier molecular flexibility index (Phi) is 4.87. The molecule has 0 aromatic carbocycles. The lowest BCUT2D eigenvalue weighted by Crippen LogP contribution is -2.55. The van der Waals surface area contributed by atoms with Gasteiger partial charge in [0.05, 0.1) is 6.04 Å². The van der Waals surface area contributed by atoms with E-state index in [-0.39, 0.29) is 23.8 Å². The molecule has 0 aromatic rings. The standard InChI is InChI=1S/C13H24N4O2/c14-12(17-19)11(9-5-2-1-3-6-9)16-13(18)15-10-7-4-8-10/h9-11,19H,1-8H2,(H2,14,17)(H2,15,16,18). The lowest BCUT2D eigenvalue weighted by molar-refractivity contribution is 0.218. The number of nitrogens with two attached hydrogens (primary N) is 1. The van der Waals surface area contributed by atoms with Crippen LogP contribution in [0.15, 0.2) is 5.16 Å². The highest BCUT2D eigenvalue weighted by Crippen LogP contribution is 2.26. The fraction of sp³-hybridized carbons (Fsp3) is 0.846. The largest absolute Gasteiger partial charge is 0.409 e. The third-order valence-electron chi connectivity index (χ3n) is 4.28. The predicted octanol–water partition coefficient (Wildman–Crippen LogP) is 1.53. The molecule has 1 atom stereocenters. The number of urea groups is 1. The van der Waals surface area contributed by atoms with Crippen LogP contribution in [0.1, 0.15) is 51.4 Å². The molecule has 0 spiro atoms.